The molecule has 0 spiro atoms. The zero-order valence-corrected chi connectivity index (χ0v) is 10.7. The molecule has 2 aliphatic rings. The monoisotopic (exact) mass is 232 g/mol. The van der Waals surface area contributed by atoms with Gasteiger partial charge in [0.1, 0.15) is 11.9 Å². The molecule has 1 saturated heterocycles. The third kappa shape index (κ3) is 1.66. The van der Waals surface area contributed by atoms with Gasteiger partial charge in [-0.2, -0.15) is 0 Å². The van der Waals surface area contributed by atoms with E-state index < -0.39 is 0 Å². The van der Waals surface area contributed by atoms with Crippen LogP contribution in [0.2, 0.25) is 0 Å². The molecule has 1 aliphatic carbocycles. The third-order valence-electron chi connectivity index (χ3n) is 4.59. The molecule has 1 fully saturated rings. The molecule has 1 aliphatic heterocycles. The molecule has 0 aromatic carbocycles. The van der Waals surface area contributed by atoms with Crippen molar-refractivity contribution < 1.29 is 9.15 Å². The number of hydrogen-bond acceptors (Lipinski definition) is 2. The highest BCUT2D eigenvalue weighted by molar-refractivity contribution is 5.20. The first kappa shape index (κ1) is 11.1. The number of hydrogen-bond donors (Lipinski definition) is 0. The summed E-state index contributed by atoms with van der Waals surface area (Å²) < 4.78 is 11.6. The van der Waals surface area contributed by atoms with Gasteiger partial charge in [0.25, 0.3) is 0 Å². The Kier molecular flexibility index (Phi) is 2.62. The van der Waals surface area contributed by atoms with Crippen LogP contribution in [-0.2, 0) is 4.74 Å². The molecule has 2 heteroatoms. The minimum atomic E-state index is 0.111. The van der Waals surface area contributed by atoms with E-state index in [1.807, 2.05) is 12.1 Å². The second-order valence-electron chi connectivity index (χ2n) is 5.59. The zero-order valence-electron chi connectivity index (χ0n) is 10.7. The molecule has 0 unspecified atom stereocenters. The van der Waals surface area contributed by atoms with Crippen molar-refractivity contribution in [2.24, 2.45) is 23.7 Å². The van der Waals surface area contributed by atoms with Crippen LogP contribution in [0.1, 0.15) is 32.6 Å². The number of rotatable bonds is 1. The standard InChI is InChI=1S/C15H20O2/c1-9-7-10(2)14-11(3)12(9)8-17-15(14)13-5-4-6-16-13/h4-7,9,11-12,14-15H,8H2,1-3H3/t9-,11-,12-,14+,15-/m0/s1. The second-order valence-corrected chi connectivity index (χ2v) is 5.59. The van der Waals surface area contributed by atoms with Crippen molar-refractivity contribution in [1.82, 2.24) is 0 Å². The fourth-order valence-electron chi connectivity index (χ4n) is 3.66. The van der Waals surface area contributed by atoms with Crippen LogP contribution >= 0.6 is 0 Å². The Hall–Kier alpha value is -1.02. The summed E-state index contributed by atoms with van der Waals surface area (Å²) >= 11 is 0. The molecule has 0 N–H and O–H groups in total. The number of ether oxygens (including phenoxy) is 1. The Bertz CT molecular complexity index is 418. The lowest BCUT2D eigenvalue weighted by Gasteiger charge is -2.46. The van der Waals surface area contributed by atoms with Gasteiger partial charge in [-0.1, -0.05) is 25.5 Å². The average Bonchev–Trinajstić information content (AvgIpc) is 2.78. The third-order valence-corrected chi connectivity index (χ3v) is 4.59. The normalized spacial score (nSPS) is 41.1. The molecule has 3 rings (SSSR count). The lowest BCUT2D eigenvalue weighted by molar-refractivity contribution is -0.101. The highest BCUT2D eigenvalue weighted by atomic mass is 16.5. The summed E-state index contributed by atoms with van der Waals surface area (Å²) in [4.78, 5) is 0. The van der Waals surface area contributed by atoms with Crippen molar-refractivity contribution in [1.29, 1.82) is 0 Å². The molecular formula is C15H20O2. The largest absolute Gasteiger partial charge is 0.467 e. The van der Waals surface area contributed by atoms with Crippen molar-refractivity contribution in [2.45, 2.75) is 26.9 Å². The van der Waals surface area contributed by atoms with E-state index in [1.54, 1.807) is 6.26 Å². The highest BCUT2D eigenvalue weighted by Crippen LogP contribution is 2.49. The van der Waals surface area contributed by atoms with Crippen molar-refractivity contribution >= 4 is 0 Å². The fourth-order valence-corrected chi connectivity index (χ4v) is 3.66. The maximum atomic E-state index is 6.07. The quantitative estimate of drug-likeness (QED) is 0.687. The Morgan fingerprint density at radius 3 is 2.82 bits per heavy atom. The maximum Gasteiger partial charge on any atom is 0.133 e. The minimum absolute atomic E-state index is 0.111. The summed E-state index contributed by atoms with van der Waals surface area (Å²) in [5.41, 5.74) is 1.46. The van der Waals surface area contributed by atoms with Gasteiger partial charge in [0.15, 0.2) is 0 Å². The smallest absolute Gasteiger partial charge is 0.133 e. The number of allylic oxidation sites excluding steroid dienone is 1. The van der Waals surface area contributed by atoms with Gasteiger partial charge in [0, 0.05) is 5.92 Å². The Balaban J connectivity index is 1.97. The first-order chi connectivity index (χ1) is 8.18. The predicted molar refractivity (Wildman–Crippen MR) is 66.5 cm³/mol. The van der Waals surface area contributed by atoms with Gasteiger partial charge in [-0.15, -0.1) is 0 Å². The molecule has 2 heterocycles. The van der Waals surface area contributed by atoms with E-state index in [0.29, 0.717) is 23.7 Å². The molecule has 1 aromatic rings. The topological polar surface area (TPSA) is 22.4 Å². The summed E-state index contributed by atoms with van der Waals surface area (Å²) in [6.07, 6.45) is 4.27. The number of furan rings is 1. The highest BCUT2D eigenvalue weighted by Gasteiger charge is 2.44. The van der Waals surface area contributed by atoms with Crippen molar-refractivity contribution in [2.75, 3.05) is 6.61 Å². The van der Waals surface area contributed by atoms with E-state index in [1.165, 1.54) is 5.57 Å². The van der Waals surface area contributed by atoms with Crippen LogP contribution in [0.5, 0.6) is 0 Å². The Morgan fingerprint density at radius 2 is 2.12 bits per heavy atom. The number of fused-ring (bicyclic) bond motifs is 2. The van der Waals surface area contributed by atoms with Crippen molar-refractivity contribution in [3.8, 4) is 0 Å². The van der Waals surface area contributed by atoms with Gasteiger partial charge < -0.3 is 9.15 Å². The first-order valence-electron chi connectivity index (χ1n) is 6.52. The molecule has 0 radical (unpaired) electrons. The van der Waals surface area contributed by atoms with Gasteiger partial charge in [-0.25, -0.2) is 0 Å². The molecule has 2 bridgehead atoms. The van der Waals surface area contributed by atoms with Crippen LogP contribution in [0.4, 0.5) is 0 Å². The van der Waals surface area contributed by atoms with Crippen LogP contribution in [0.15, 0.2) is 34.5 Å². The fraction of sp³-hybridized carbons (Fsp3) is 0.600. The second kappa shape index (κ2) is 4.02. The minimum Gasteiger partial charge on any atom is -0.467 e. The SMILES string of the molecule is CC1=C[C@H](C)[C@@H]2CO[C@@H](c3ccco3)[C@H]1[C@H]2C. The first-order valence-corrected chi connectivity index (χ1v) is 6.52. The lowest BCUT2D eigenvalue weighted by atomic mass is 9.65. The van der Waals surface area contributed by atoms with Gasteiger partial charge in [-0.3, -0.25) is 0 Å². The maximum absolute atomic E-state index is 6.07. The molecular weight excluding hydrogens is 212 g/mol. The molecule has 5 atom stereocenters. The van der Waals surface area contributed by atoms with E-state index in [-0.39, 0.29) is 6.10 Å². The van der Waals surface area contributed by atoms with E-state index in [4.69, 9.17) is 9.15 Å². The van der Waals surface area contributed by atoms with Gasteiger partial charge in [-0.05, 0) is 36.8 Å². The molecule has 92 valence electrons. The predicted octanol–water partition coefficient (Wildman–Crippen LogP) is 3.82. The van der Waals surface area contributed by atoms with Crippen LogP contribution in [0.25, 0.3) is 0 Å². The summed E-state index contributed by atoms with van der Waals surface area (Å²) in [7, 11) is 0. The summed E-state index contributed by atoms with van der Waals surface area (Å²) in [6.45, 7) is 7.75. The van der Waals surface area contributed by atoms with E-state index >= 15 is 0 Å². The average molecular weight is 232 g/mol. The summed E-state index contributed by atoms with van der Waals surface area (Å²) in [5, 5.41) is 0. The van der Waals surface area contributed by atoms with E-state index in [2.05, 4.69) is 26.8 Å². The Morgan fingerprint density at radius 1 is 1.29 bits per heavy atom. The van der Waals surface area contributed by atoms with Gasteiger partial charge in [0.05, 0.1) is 12.9 Å². The van der Waals surface area contributed by atoms with Crippen LogP contribution in [-0.4, -0.2) is 6.61 Å². The molecule has 0 saturated carbocycles. The summed E-state index contributed by atoms with van der Waals surface area (Å²) in [5.74, 6) is 3.44. The molecule has 0 amide bonds. The van der Waals surface area contributed by atoms with E-state index in [0.717, 1.165) is 12.4 Å². The van der Waals surface area contributed by atoms with E-state index in [9.17, 15) is 0 Å². The lowest BCUT2D eigenvalue weighted by Crippen LogP contribution is -2.42. The molecule has 1 aromatic heterocycles. The van der Waals surface area contributed by atoms with Crippen LogP contribution in [0.3, 0.4) is 0 Å². The van der Waals surface area contributed by atoms with Crippen LogP contribution < -0.4 is 0 Å². The van der Waals surface area contributed by atoms with Gasteiger partial charge in [0.2, 0.25) is 0 Å². The molecule has 2 nitrogen and oxygen atoms in total. The Labute approximate surface area is 103 Å². The van der Waals surface area contributed by atoms with Crippen molar-refractivity contribution in [3.05, 3.63) is 35.8 Å². The molecule has 17 heavy (non-hydrogen) atoms. The van der Waals surface area contributed by atoms with Gasteiger partial charge >= 0.3 is 0 Å². The van der Waals surface area contributed by atoms with Crippen molar-refractivity contribution in [3.63, 3.8) is 0 Å². The van der Waals surface area contributed by atoms with Crippen LogP contribution in [0, 0.1) is 23.7 Å². The summed E-state index contributed by atoms with van der Waals surface area (Å²) in [6, 6.07) is 3.98. The zero-order chi connectivity index (χ0) is 12.0.